The number of nitrogens with one attached hydrogen (secondary N) is 2. The summed E-state index contributed by atoms with van der Waals surface area (Å²) in [5, 5.41) is 14.6. The first kappa shape index (κ1) is 13.2. The molecule has 2 aliphatic carbocycles. The number of amides is 2. The fraction of sp³-hybridized carbons (Fsp3) is 0.846. The van der Waals surface area contributed by atoms with E-state index in [9.17, 15) is 9.59 Å². The van der Waals surface area contributed by atoms with Gasteiger partial charge in [-0.05, 0) is 44.9 Å². The normalized spacial score (nSPS) is 32.9. The molecular weight excluding hydrogens is 232 g/mol. The van der Waals surface area contributed by atoms with E-state index >= 15 is 0 Å². The van der Waals surface area contributed by atoms with Crippen LogP contribution in [0.1, 0.15) is 39.5 Å². The number of hydrogen-bond acceptors (Lipinski definition) is 2. The van der Waals surface area contributed by atoms with Gasteiger partial charge in [0, 0.05) is 12.1 Å². The van der Waals surface area contributed by atoms with Gasteiger partial charge in [-0.2, -0.15) is 0 Å². The Morgan fingerprint density at radius 1 is 1.22 bits per heavy atom. The molecule has 2 amide bonds. The van der Waals surface area contributed by atoms with E-state index < -0.39 is 11.9 Å². The van der Waals surface area contributed by atoms with Crippen LogP contribution in [0.4, 0.5) is 4.79 Å². The van der Waals surface area contributed by atoms with Gasteiger partial charge in [0.2, 0.25) is 0 Å². The zero-order chi connectivity index (χ0) is 13.3. The van der Waals surface area contributed by atoms with E-state index in [2.05, 4.69) is 10.6 Å². The van der Waals surface area contributed by atoms with Crippen LogP contribution in [0.25, 0.3) is 0 Å². The second-order valence-electron chi connectivity index (χ2n) is 5.81. The van der Waals surface area contributed by atoms with Crippen molar-refractivity contribution in [1.29, 1.82) is 0 Å². The summed E-state index contributed by atoms with van der Waals surface area (Å²) in [5.41, 5.74) is 0. The Morgan fingerprint density at radius 3 is 2.44 bits per heavy atom. The fourth-order valence-corrected chi connectivity index (χ4v) is 3.18. The predicted octanol–water partition coefficient (Wildman–Crippen LogP) is 1.58. The van der Waals surface area contributed by atoms with Gasteiger partial charge in [0.1, 0.15) is 0 Å². The minimum absolute atomic E-state index is 0.229. The van der Waals surface area contributed by atoms with Gasteiger partial charge in [-0.15, -0.1) is 0 Å². The van der Waals surface area contributed by atoms with E-state index in [1.54, 1.807) is 13.8 Å². The third kappa shape index (κ3) is 2.76. The van der Waals surface area contributed by atoms with Crippen molar-refractivity contribution < 1.29 is 14.7 Å². The number of urea groups is 1. The Hall–Kier alpha value is -1.26. The number of carbonyl (C=O) groups excluding carboxylic acids is 1. The Labute approximate surface area is 107 Å². The standard InChI is InChI=1S/C13H22N2O3/c1-7(12(16)17)8(2)14-13(18)15-11-6-9-3-4-10(11)5-9/h7-11H,3-6H2,1-2H3,(H,16,17)(H2,14,15,18). The molecule has 0 aromatic rings. The van der Waals surface area contributed by atoms with Crippen LogP contribution in [0.2, 0.25) is 0 Å². The molecule has 3 N–H and O–H groups in total. The number of carbonyl (C=O) groups is 2. The van der Waals surface area contributed by atoms with E-state index in [1.807, 2.05) is 0 Å². The SMILES string of the molecule is CC(NC(=O)NC1CC2CCC1C2)C(C)C(=O)O. The molecule has 0 aliphatic heterocycles. The fourth-order valence-electron chi connectivity index (χ4n) is 3.18. The van der Waals surface area contributed by atoms with Gasteiger partial charge in [0.05, 0.1) is 5.92 Å². The summed E-state index contributed by atoms with van der Waals surface area (Å²) in [6, 6.07) is -0.301. The van der Waals surface area contributed by atoms with E-state index in [1.165, 1.54) is 19.3 Å². The van der Waals surface area contributed by atoms with Gasteiger partial charge in [-0.25, -0.2) is 4.79 Å². The van der Waals surface area contributed by atoms with E-state index in [0.29, 0.717) is 5.92 Å². The third-order valence-electron chi connectivity index (χ3n) is 4.55. The molecule has 2 saturated carbocycles. The van der Waals surface area contributed by atoms with Gasteiger partial charge in [0.25, 0.3) is 0 Å². The van der Waals surface area contributed by atoms with Crippen LogP contribution in [0.15, 0.2) is 0 Å². The van der Waals surface area contributed by atoms with Gasteiger partial charge in [-0.1, -0.05) is 6.42 Å². The highest BCUT2D eigenvalue weighted by Gasteiger charge is 2.40. The molecule has 2 rings (SSSR count). The zero-order valence-corrected chi connectivity index (χ0v) is 11.0. The summed E-state index contributed by atoms with van der Waals surface area (Å²) in [4.78, 5) is 22.6. The summed E-state index contributed by atoms with van der Waals surface area (Å²) in [5.74, 6) is -0.0397. The molecule has 0 heterocycles. The van der Waals surface area contributed by atoms with Crippen LogP contribution in [0, 0.1) is 17.8 Å². The molecule has 0 aromatic heterocycles. The smallest absolute Gasteiger partial charge is 0.315 e. The quantitative estimate of drug-likeness (QED) is 0.712. The maximum Gasteiger partial charge on any atom is 0.315 e. The molecule has 0 saturated heterocycles. The van der Waals surface area contributed by atoms with Crippen molar-refractivity contribution in [2.24, 2.45) is 17.8 Å². The molecule has 18 heavy (non-hydrogen) atoms. The summed E-state index contributed by atoms with van der Waals surface area (Å²) >= 11 is 0. The molecule has 5 unspecified atom stereocenters. The Kier molecular flexibility index (Phi) is 3.78. The van der Waals surface area contributed by atoms with Crippen LogP contribution in [0.5, 0.6) is 0 Å². The third-order valence-corrected chi connectivity index (χ3v) is 4.55. The van der Waals surface area contributed by atoms with Gasteiger partial charge in [0.15, 0.2) is 0 Å². The molecule has 5 atom stereocenters. The van der Waals surface area contributed by atoms with Crippen molar-refractivity contribution in [3.63, 3.8) is 0 Å². The molecule has 0 aromatic carbocycles. The van der Waals surface area contributed by atoms with Crippen molar-refractivity contribution in [3.8, 4) is 0 Å². The first-order valence-electron chi connectivity index (χ1n) is 6.77. The first-order valence-corrected chi connectivity index (χ1v) is 6.77. The van der Waals surface area contributed by atoms with E-state index in [0.717, 1.165) is 12.3 Å². The monoisotopic (exact) mass is 254 g/mol. The number of fused-ring (bicyclic) bond motifs is 2. The molecular formula is C13H22N2O3. The molecule has 5 nitrogen and oxygen atoms in total. The molecule has 2 fully saturated rings. The molecule has 102 valence electrons. The van der Waals surface area contributed by atoms with Crippen molar-refractivity contribution >= 4 is 12.0 Å². The molecule has 2 aliphatic rings. The summed E-state index contributed by atoms with van der Waals surface area (Å²) in [6.07, 6.45) is 4.85. The lowest BCUT2D eigenvalue weighted by atomic mass is 9.95. The van der Waals surface area contributed by atoms with E-state index in [4.69, 9.17) is 5.11 Å². The molecule has 0 radical (unpaired) electrons. The number of carboxylic acids is 1. The van der Waals surface area contributed by atoms with Gasteiger partial charge in [-0.3, -0.25) is 4.79 Å². The maximum absolute atomic E-state index is 11.8. The lowest BCUT2D eigenvalue weighted by molar-refractivity contribution is -0.141. The number of aliphatic carboxylic acids is 1. The summed E-state index contributed by atoms with van der Waals surface area (Å²) in [6.45, 7) is 3.32. The minimum atomic E-state index is -0.886. The zero-order valence-electron chi connectivity index (χ0n) is 11.0. The van der Waals surface area contributed by atoms with Crippen LogP contribution in [-0.2, 0) is 4.79 Å². The number of carboxylic acid groups (broad SMARTS) is 1. The topological polar surface area (TPSA) is 78.4 Å². The van der Waals surface area contributed by atoms with Crippen molar-refractivity contribution in [2.75, 3.05) is 0 Å². The second-order valence-corrected chi connectivity index (χ2v) is 5.81. The van der Waals surface area contributed by atoms with Crippen molar-refractivity contribution in [1.82, 2.24) is 10.6 Å². The van der Waals surface area contributed by atoms with Crippen molar-refractivity contribution in [3.05, 3.63) is 0 Å². The minimum Gasteiger partial charge on any atom is -0.481 e. The number of rotatable bonds is 4. The van der Waals surface area contributed by atoms with Crippen LogP contribution >= 0.6 is 0 Å². The Balaban J connectivity index is 1.77. The highest BCUT2D eigenvalue weighted by atomic mass is 16.4. The first-order chi connectivity index (χ1) is 8.47. The predicted molar refractivity (Wildman–Crippen MR) is 67.2 cm³/mol. The Morgan fingerprint density at radius 2 is 1.94 bits per heavy atom. The van der Waals surface area contributed by atoms with Gasteiger partial charge >= 0.3 is 12.0 Å². The lowest BCUT2D eigenvalue weighted by Gasteiger charge is -2.25. The highest BCUT2D eigenvalue weighted by molar-refractivity contribution is 5.76. The number of hydrogen-bond donors (Lipinski definition) is 3. The summed E-state index contributed by atoms with van der Waals surface area (Å²) < 4.78 is 0. The molecule has 0 spiro atoms. The van der Waals surface area contributed by atoms with Gasteiger partial charge < -0.3 is 15.7 Å². The second kappa shape index (κ2) is 5.16. The average Bonchev–Trinajstić information content (AvgIpc) is 2.89. The maximum atomic E-state index is 11.8. The van der Waals surface area contributed by atoms with E-state index in [-0.39, 0.29) is 18.1 Å². The molecule has 2 bridgehead atoms. The van der Waals surface area contributed by atoms with Crippen LogP contribution in [-0.4, -0.2) is 29.2 Å². The molecule has 5 heteroatoms. The Bertz CT molecular complexity index is 345. The lowest BCUT2D eigenvalue weighted by Crippen LogP contribution is -2.49. The summed E-state index contributed by atoms with van der Waals surface area (Å²) in [7, 11) is 0. The van der Waals surface area contributed by atoms with Crippen LogP contribution < -0.4 is 10.6 Å². The van der Waals surface area contributed by atoms with Crippen LogP contribution in [0.3, 0.4) is 0 Å². The van der Waals surface area contributed by atoms with Crippen molar-refractivity contribution in [2.45, 2.75) is 51.6 Å². The largest absolute Gasteiger partial charge is 0.481 e. The average molecular weight is 254 g/mol. The highest BCUT2D eigenvalue weighted by Crippen LogP contribution is 2.44.